The average molecular weight is 458 g/mol. The molecule has 0 fully saturated rings. The van der Waals surface area contributed by atoms with Gasteiger partial charge in [0.2, 0.25) is 0 Å². The monoisotopic (exact) mass is 457 g/mol. The van der Waals surface area contributed by atoms with Crippen molar-refractivity contribution in [3.05, 3.63) is 62.9 Å². The molecule has 1 atom stereocenters. The number of hydrogen-bond acceptors (Lipinski definition) is 5. The first-order valence-corrected chi connectivity index (χ1v) is 9.91. The highest BCUT2D eigenvalue weighted by Crippen LogP contribution is 2.38. The molecule has 0 bridgehead atoms. The van der Waals surface area contributed by atoms with Gasteiger partial charge >= 0.3 is 0 Å². The lowest BCUT2D eigenvalue weighted by Gasteiger charge is -2.24. The van der Waals surface area contributed by atoms with Gasteiger partial charge in [-0.25, -0.2) is 9.37 Å². The zero-order chi connectivity index (χ0) is 20.3. The third-order valence-corrected chi connectivity index (χ3v) is 6.06. The van der Waals surface area contributed by atoms with Crippen molar-refractivity contribution in [3.63, 3.8) is 0 Å². The molecule has 0 aliphatic carbocycles. The summed E-state index contributed by atoms with van der Waals surface area (Å²) in [6.07, 6.45) is 0. The van der Waals surface area contributed by atoms with Crippen molar-refractivity contribution in [1.82, 2.24) is 9.88 Å². The first kappa shape index (κ1) is 18.3. The molecule has 0 saturated carbocycles. The molecule has 0 radical (unpaired) electrons. The number of nitrogens with zero attached hydrogens (tertiary/aromatic N) is 2. The molecule has 3 aromatic rings. The molecule has 6 nitrogen and oxygen atoms in total. The fourth-order valence-corrected chi connectivity index (χ4v) is 4.32. The normalized spacial score (nSPS) is 17.1. The van der Waals surface area contributed by atoms with Crippen molar-refractivity contribution in [2.24, 2.45) is 0 Å². The van der Waals surface area contributed by atoms with E-state index in [1.807, 2.05) is 18.2 Å². The second-order valence-corrected chi connectivity index (χ2v) is 8.14. The molecule has 2 aliphatic heterocycles. The minimum atomic E-state index is -0.630. The molecule has 148 valence electrons. The molecular formula is C21H17BrFN3O3. The second-order valence-electron chi connectivity index (χ2n) is 7.22. The third-order valence-electron chi connectivity index (χ3n) is 5.57. The van der Waals surface area contributed by atoms with Gasteiger partial charge in [-0.15, -0.1) is 0 Å². The lowest BCUT2D eigenvalue weighted by Crippen LogP contribution is -2.32. The van der Waals surface area contributed by atoms with Crippen LogP contribution in [0, 0.1) is 5.82 Å². The third kappa shape index (κ3) is 2.86. The average Bonchev–Trinajstić information content (AvgIpc) is 3.34. The number of amides is 1. The predicted octanol–water partition coefficient (Wildman–Crippen LogP) is 3.95. The van der Waals surface area contributed by atoms with Crippen molar-refractivity contribution in [3.8, 4) is 5.75 Å². The van der Waals surface area contributed by atoms with Crippen LogP contribution in [0.5, 0.6) is 5.75 Å². The summed E-state index contributed by atoms with van der Waals surface area (Å²) >= 11 is 3.41. The standard InChI is InChI=1S/C21H17BrFN3O3/c1-26(18-9-29-19-4-10(22)2-3-11(18)19)21(27)13-5-12-14-7-28-8-15(14)20(24)25-17(12)6-16(13)23/h2-6,18H,7-9H2,1H3,(H2,24,25). The SMILES string of the molecule is CN(C(=O)c1cc2c3c(c(N)nc2cc1F)COC3)C1COc2cc(Br)ccc21. The Hall–Kier alpha value is -2.71. The number of carbonyl (C=O) groups excluding carboxylic acids is 1. The molecule has 2 aliphatic rings. The number of nitrogen functional groups attached to an aromatic ring is 1. The molecule has 0 spiro atoms. The smallest absolute Gasteiger partial charge is 0.257 e. The Morgan fingerprint density at radius 3 is 2.90 bits per heavy atom. The Morgan fingerprint density at radius 2 is 2.07 bits per heavy atom. The molecule has 1 aromatic heterocycles. The molecule has 2 aromatic carbocycles. The lowest BCUT2D eigenvalue weighted by atomic mass is 10.0. The largest absolute Gasteiger partial charge is 0.491 e. The van der Waals surface area contributed by atoms with Crippen LogP contribution in [-0.4, -0.2) is 29.4 Å². The van der Waals surface area contributed by atoms with Crippen molar-refractivity contribution >= 4 is 38.6 Å². The first-order valence-electron chi connectivity index (χ1n) is 9.11. The molecular weight excluding hydrogens is 441 g/mol. The number of carbonyl (C=O) groups is 1. The molecule has 8 heteroatoms. The number of fused-ring (bicyclic) bond motifs is 4. The summed E-state index contributed by atoms with van der Waals surface area (Å²) in [4.78, 5) is 19.0. The number of aromatic nitrogens is 1. The number of ether oxygens (including phenoxy) is 2. The van der Waals surface area contributed by atoms with Gasteiger partial charge in [-0.1, -0.05) is 22.0 Å². The van der Waals surface area contributed by atoms with E-state index in [4.69, 9.17) is 15.2 Å². The quantitative estimate of drug-likeness (QED) is 0.630. The maximum atomic E-state index is 14.9. The van der Waals surface area contributed by atoms with Gasteiger partial charge in [0, 0.05) is 34.1 Å². The summed E-state index contributed by atoms with van der Waals surface area (Å²) in [7, 11) is 1.66. The van der Waals surface area contributed by atoms with Crippen molar-refractivity contribution in [2.75, 3.05) is 19.4 Å². The summed E-state index contributed by atoms with van der Waals surface area (Å²) in [6, 6.07) is 8.20. The highest BCUT2D eigenvalue weighted by Gasteiger charge is 2.32. The van der Waals surface area contributed by atoms with Gasteiger partial charge in [-0.2, -0.15) is 0 Å². The Bertz CT molecular complexity index is 1180. The van der Waals surface area contributed by atoms with Crippen LogP contribution in [0.3, 0.4) is 0 Å². The van der Waals surface area contributed by atoms with Crippen LogP contribution < -0.4 is 10.5 Å². The number of rotatable bonds is 2. The van der Waals surface area contributed by atoms with E-state index in [9.17, 15) is 9.18 Å². The van der Waals surface area contributed by atoms with Crippen LogP contribution in [-0.2, 0) is 18.0 Å². The van der Waals surface area contributed by atoms with Gasteiger partial charge in [0.15, 0.2) is 0 Å². The van der Waals surface area contributed by atoms with E-state index in [1.165, 1.54) is 11.0 Å². The molecule has 0 saturated heterocycles. The molecule has 3 heterocycles. The van der Waals surface area contributed by atoms with Crippen LogP contribution in [0.1, 0.15) is 33.1 Å². The van der Waals surface area contributed by atoms with E-state index in [0.717, 1.165) is 26.9 Å². The summed E-state index contributed by atoms with van der Waals surface area (Å²) in [5.41, 5.74) is 8.94. The van der Waals surface area contributed by atoms with E-state index in [0.29, 0.717) is 36.5 Å². The maximum absolute atomic E-state index is 14.9. The molecule has 1 amide bonds. The van der Waals surface area contributed by atoms with Gasteiger partial charge in [-0.3, -0.25) is 4.79 Å². The van der Waals surface area contributed by atoms with Crippen LogP contribution >= 0.6 is 15.9 Å². The summed E-state index contributed by atoms with van der Waals surface area (Å²) in [5.74, 6) is 0.0115. The number of benzene rings is 2. The number of nitrogens with two attached hydrogens (primary N) is 1. The fraction of sp³-hybridized carbons (Fsp3) is 0.238. The van der Waals surface area contributed by atoms with Crippen LogP contribution in [0.15, 0.2) is 34.8 Å². The minimum Gasteiger partial charge on any atom is -0.491 e. The summed E-state index contributed by atoms with van der Waals surface area (Å²) in [5, 5.41) is 0.692. The molecule has 29 heavy (non-hydrogen) atoms. The van der Waals surface area contributed by atoms with E-state index < -0.39 is 11.7 Å². The van der Waals surface area contributed by atoms with Gasteiger partial charge in [0.1, 0.15) is 24.0 Å². The van der Waals surface area contributed by atoms with E-state index in [1.54, 1.807) is 13.1 Å². The Morgan fingerprint density at radius 1 is 1.28 bits per heavy atom. The van der Waals surface area contributed by atoms with Gasteiger partial charge in [-0.05, 0) is 23.8 Å². The Kier molecular flexibility index (Phi) is 4.22. The van der Waals surface area contributed by atoms with Gasteiger partial charge in [0.05, 0.1) is 30.3 Å². The topological polar surface area (TPSA) is 77.7 Å². The van der Waals surface area contributed by atoms with E-state index in [2.05, 4.69) is 20.9 Å². The molecule has 5 rings (SSSR count). The van der Waals surface area contributed by atoms with E-state index >= 15 is 0 Å². The summed E-state index contributed by atoms with van der Waals surface area (Å²) in [6.45, 7) is 1.06. The maximum Gasteiger partial charge on any atom is 0.257 e. The van der Waals surface area contributed by atoms with Crippen LogP contribution in [0.4, 0.5) is 10.2 Å². The number of anilines is 1. The van der Waals surface area contributed by atoms with Crippen LogP contribution in [0.2, 0.25) is 0 Å². The molecule has 2 N–H and O–H groups in total. The van der Waals surface area contributed by atoms with E-state index in [-0.39, 0.29) is 11.6 Å². The van der Waals surface area contributed by atoms with Crippen molar-refractivity contribution in [1.29, 1.82) is 0 Å². The minimum absolute atomic E-state index is 0.00812. The second kappa shape index (κ2) is 6.67. The summed E-state index contributed by atoms with van der Waals surface area (Å²) < 4.78 is 26.9. The number of likely N-dealkylation sites (N-methyl/N-ethyl adjacent to an activating group) is 1. The highest BCUT2D eigenvalue weighted by atomic mass is 79.9. The predicted molar refractivity (Wildman–Crippen MR) is 109 cm³/mol. The number of pyridine rings is 1. The van der Waals surface area contributed by atoms with Crippen molar-refractivity contribution in [2.45, 2.75) is 19.3 Å². The van der Waals surface area contributed by atoms with Gasteiger partial charge in [0.25, 0.3) is 5.91 Å². The fourth-order valence-electron chi connectivity index (χ4n) is 3.98. The molecule has 1 unspecified atom stereocenters. The van der Waals surface area contributed by atoms with Gasteiger partial charge < -0.3 is 20.1 Å². The number of halogens is 2. The lowest BCUT2D eigenvalue weighted by molar-refractivity contribution is 0.0704. The Labute approximate surface area is 174 Å². The van der Waals surface area contributed by atoms with Crippen LogP contribution in [0.25, 0.3) is 10.9 Å². The zero-order valence-electron chi connectivity index (χ0n) is 15.5. The van der Waals surface area contributed by atoms with Crippen molar-refractivity contribution < 1.29 is 18.7 Å². The Balaban J connectivity index is 1.55. The number of hydrogen-bond donors (Lipinski definition) is 1. The first-order chi connectivity index (χ1) is 13.9. The zero-order valence-corrected chi connectivity index (χ0v) is 17.1. The highest BCUT2D eigenvalue weighted by molar-refractivity contribution is 9.10.